The smallest absolute Gasteiger partial charge is 0.270 e. The molecule has 0 heterocycles. The van der Waals surface area contributed by atoms with Gasteiger partial charge in [-0.2, -0.15) is 0 Å². The lowest BCUT2D eigenvalue weighted by Crippen LogP contribution is -2.25. The van der Waals surface area contributed by atoms with Crippen LogP contribution >= 0.6 is 0 Å². The van der Waals surface area contributed by atoms with Gasteiger partial charge in [0.05, 0.1) is 4.92 Å². The predicted molar refractivity (Wildman–Crippen MR) is 66.5 cm³/mol. The normalized spacial score (nSPS) is 10.1. The van der Waals surface area contributed by atoms with Crippen molar-refractivity contribution in [2.75, 3.05) is 13.2 Å². The van der Waals surface area contributed by atoms with Gasteiger partial charge in [0.15, 0.2) is 0 Å². The molecule has 0 saturated carbocycles. The molecule has 1 rings (SSSR count). The number of aliphatic hydroxyl groups excluding tert-OH is 1. The molecule has 1 amide bonds. The summed E-state index contributed by atoms with van der Waals surface area (Å²) in [5.74, 6) is -0.325. The number of hydrogen-bond acceptors (Lipinski definition) is 4. The standard InChI is InChI=1S/C12H16N2O4/c1-9-4-5-10(14(17)18)8-11(9)12(16)13-6-2-3-7-15/h4-5,8,15H,2-3,6-7H2,1H3,(H,13,16). The van der Waals surface area contributed by atoms with Gasteiger partial charge in [-0.15, -0.1) is 0 Å². The number of hydrogen-bond donors (Lipinski definition) is 2. The summed E-state index contributed by atoms with van der Waals surface area (Å²) in [6.45, 7) is 2.26. The van der Waals surface area contributed by atoms with E-state index in [9.17, 15) is 14.9 Å². The van der Waals surface area contributed by atoms with Crippen LogP contribution in [0, 0.1) is 17.0 Å². The fraction of sp³-hybridized carbons (Fsp3) is 0.417. The second kappa shape index (κ2) is 6.70. The molecule has 0 aliphatic rings. The Morgan fingerprint density at radius 2 is 2.17 bits per heavy atom. The number of unbranched alkanes of at least 4 members (excludes halogenated alkanes) is 1. The number of nitro benzene ring substituents is 1. The van der Waals surface area contributed by atoms with Crippen molar-refractivity contribution in [1.29, 1.82) is 0 Å². The second-order valence-electron chi connectivity index (χ2n) is 3.94. The molecule has 0 fully saturated rings. The van der Waals surface area contributed by atoms with Crippen LogP contribution in [-0.4, -0.2) is 29.1 Å². The van der Waals surface area contributed by atoms with Crippen molar-refractivity contribution < 1.29 is 14.8 Å². The van der Waals surface area contributed by atoms with E-state index in [1.54, 1.807) is 13.0 Å². The summed E-state index contributed by atoms with van der Waals surface area (Å²) in [7, 11) is 0. The SMILES string of the molecule is Cc1ccc([N+](=O)[O-])cc1C(=O)NCCCCO. The molecule has 0 aromatic heterocycles. The van der Waals surface area contributed by atoms with Crippen LogP contribution in [0.5, 0.6) is 0 Å². The zero-order chi connectivity index (χ0) is 13.5. The average molecular weight is 252 g/mol. The molecule has 0 radical (unpaired) electrons. The van der Waals surface area contributed by atoms with Crippen LogP contribution in [0.3, 0.4) is 0 Å². The van der Waals surface area contributed by atoms with Crippen LogP contribution in [-0.2, 0) is 0 Å². The summed E-state index contributed by atoms with van der Waals surface area (Å²) in [6, 6.07) is 4.20. The Balaban J connectivity index is 2.72. The largest absolute Gasteiger partial charge is 0.396 e. The van der Waals surface area contributed by atoms with E-state index in [0.717, 1.165) is 0 Å². The molecule has 0 atom stereocenters. The molecule has 2 N–H and O–H groups in total. The summed E-state index contributed by atoms with van der Waals surface area (Å²) in [5, 5.41) is 21.9. The Kier molecular flexibility index (Phi) is 5.26. The maximum atomic E-state index is 11.8. The predicted octanol–water partition coefficient (Wildman–Crippen LogP) is 1.41. The molecule has 18 heavy (non-hydrogen) atoms. The van der Waals surface area contributed by atoms with Crippen molar-refractivity contribution in [2.45, 2.75) is 19.8 Å². The van der Waals surface area contributed by atoms with Gasteiger partial charge in [0, 0.05) is 30.8 Å². The second-order valence-corrected chi connectivity index (χ2v) is 3.94. The summed E-state index contributed by atoms with van der Waals surface area (Å²) >= 11 is 0. The molecule has 1 aromatic rings. The van der Waals surface area contributed by atoms with E-state index in [0.29, 0.717) is 30.5 Å². The number of benzene rings is 1. The van der Waals surface area contributed by atoms with Crippen molar-refractivity contribution in [3.63, 3.8) is 0 Å². The minimum atomic E-state index is -0.526. The van der Waals surface area contributed by atoms with Gasteiger partial charge in [-0.1, -0.05) is 6.07 Å². The molecular formula is C12H16N2O4. The van der Waals surface area contributed by atoms with E-state index >= 15 is 0 Å². The van der Waals surface area contributed by atoms with Crippen LogP contribution < -0.4 is 5.32 Å². The molecule has 0 saturated heterocycles. The molecule has 98 valence electrons. The third-order valence-corrected chi connectivity index (χ3v) is 2.55. The molecule has 0 unspecified atom stereocenters. The van der Waals surface area contributed by atoms with E-state index in [-0.39, 0.29) is 18.2 Å². The molecular weight excluding hydrogens is 236 g/mol. The van der Waals surface area contributed by atoms with Crippen molar-refractivity contribution in [2.24, 2.45) is 0 Å². The maximum Gasteiger partial charge on any atom is 0.270 e. The van der Waals surface area contributed by atoms with E-state index in [2.05, 4.69) is 5.32 Å². The summed E-state index contributed by atoms with van der Waals surface area (Å²) < 4.78 is 0. The Bertz CT molecular complexity index is 446. The lowest BCUT2D eigenvalue weighted by molar-refractivity contribution is -0.384. The Labute approximate surface area is 105 Å². The van der Waals surface area contributed by atoms with Crippen LogP contribution in [0.2, 0.25) is 0 Å². The summed E-state index contributed by atoms with van der Waals surface area (Å²) in [6.07, 6.45) is 1.30. The molecule has 0 bridgehead atoms. The van der Waals surface area contributed by atoms with Crippen molar-refractivity contribution >= 4 is 11.6 Å². The van der Waals surface area contributed by atoms with Crippen molar-refractivity contribution in [3.8, 4) is 0 Å². The van der Waals surface area contributed by atoms with Crippen LogP contribution in [0.1, 0.15) is 28.8 Å². The highest BCUT2D eigenvalue weighted by Crippen LogP contribution is 2.17. The highest BCUT2D eigenvalue weighted by Gasteiger charge is 2.13. The number of aliphatic hydroxyl groups is 1. The number of rotatable bonds is 6. The van der Waals surface area contributed by atoms with Crippen LogP contribution in [0.15, 0.2) is 18.2 Å². The number of nitrogens with zero attached hydrogens (tertiary/aromatic N) is 1. The van der Waals surface area contributed by atoms with Gasteiger partial charge in [-0.3, -0.25) is 14.9 Å². The highest BCUT2D eigenvalue weighted by molar-refractivity contribution is 5.96. The molecule has 6 heteroatoms. The molecule has 6 nitrogen and oxygen atoms in total. The topological polar surface area (TPSA) is 92.5 Å². The third-order valence-electron chi connectivity index (χ3n) is 2.55. The van der Waals surface area contributed by atoms with Gasteiger partial charge in [-0.05, 0) is 25.3 Å². The molecule has 0 spiro atoms. The fourth-order valence-corrected chi connectivity index (χ4v) is 1.50. The van der Waals surface area contributed by atoms with Crippen molar-refractivity contribution in [3.05, 3.63) is 39.4 Å². The molecule has 0 aliphatic heterocycles. The Morgan fingerprint density at radius 1 is 1.44 bits per heavy atom. The maximum absolute atomic E-state index is 11.8. The van der Waals surface area contributed by atoms with Crippen molar-refractivity contribution in [1.82, 2.24) is 5.32 Å². The zero-order valence-electron chi connectivity index (χ0n) is 10.2. The van der Waals surface area contributed by atoms with Gasteiger partial charge in [0.2, 0.25) is 0 Å². The molecule has 0 aliphatic carbocycles. The van der Waals surface area contributed by atoms with E-state index in [1.807, 2.05) is 0 Å². The average Bonchev–Trinajstić information content (AvgIpc) is 2.34. The monoisotopic (exact) mass is 252 g/mol. The minimum Gasteiger partial charge on any atom is -0.396 e. The number of nitro groups is 1. The highest BCUT2D eigenvalue weighted by atomic mass is 16.6. The number of nitrogens with one attached hydrogen (secondary N) is 1. The minimum absolute atomic E-state index is 0.0890. The zero-order valence-corrected chi connectivity index (χ0v) is 10.2. The first-order valence-electron chi connectivity index (χ1n) is 5.70. The first-order chi connectivity index (χ1) is 8.56. The van der Waals surface area contributed by atoms with E-state index < -0.39 is 4.92 Å². The first kappa shape index (κ1) is 14.1. The summed E-state index contributed by atoms with van der Waals surface area (Å²) in [5.41, 5.74) is 0.912. The number of carbonyl (C=O) groups is 1. The fourth-order valence-electron chi connectivity index (χ4n) is 1.50. The Morgan fingerprint density at radius 3 is 2.78 bits per heavy atom. The number of carbonyl (C=O) groups excluding carboxylic acids is 1. The van der Waals surface area contributed by atoms with Crippen LogP contribution in [0.25, 0.3) is 0 Å². The number of non-ortho nitro benzene ring substituents is 1. The van der Waals surface area contributed by atoms with Gasteiger partial charge < -0.3 is 10.4 Å². The first-order valence-corrected chi connectivity index (χ1v) is 5.70. The summed E-state index contributed by atoms with van der Waals surface area (Å²) in [4.78, 5) is 21.9. The van der Waals surface area contributed by atoms with Gasteiger partial charge in [0.1, 0.15) is 0 Å². The Hall–Kier alpha value is -1.95. The number of amides is 1. The molecule has 1 aromatic carbocycles. The van der Waals surface area contributed by atoms with Gasteiger partial charge >= 0.3 is 0 Å². The van der Waals surface area contributed by atoms with Gasteiger partial charge in [-0.25, -0.2) is 0 Å². The quantitative estimate of drug-likeness (QED) is 0.454. The number of aryl methyl sites for hydroxylation is 1. The van der Waals surface area contributed by atoms with Crippen LogP contribution in [0.4, 0.5) is 5.69 Å². The third kappa shape index (κ3) is 3.81. The van der Waals surface area contributed by atoms with E-state index in [1.165, 1.54) is 12.1 Å². The lowest BCUT2D eigenvalue weighted by Gasteiger charge is -2.07. The van der Waals surface area contributed by atoms with Gasteiger partial charge in [0.25, 0.3) is 11.6 Å². The lowest BCUT2D eigenvalue weighted by atomic mass is 10.1. The van der Waals surface area contributed by atoms with E-state index in [4.69, 9.17) is 5.11 Å².